The molecule has 0 aromatic carbocycles. The number of carbonyl (C=O) groups is 1. The predicted octanol–water partition coefficient (Wildman–Crippen LogP) is 0.959. The number of hydrogen-bond acceptors (Lipinski definition) is 3. The summed E-state index contributed by atoms with van der Waals surface area (Å²) < 4.78 is 24.3. The van der Waals surface area contributed by atoms with E-state index in [-0.39, 0.29) is 12.5 Å². The number of rotatable bonds is 9. The Hall–Kier alpha value is -0.750. The molecule has 1 atom stereocenters. The lowest BCUT2D eigenvalue weighted by molar-refractivity contribution is -0.124. The zero-order valence-corrected chi connectivity index (χ0v) is 11.1. The molecule has 0 saturated heterocycles. The first-order chi connectivity index (χ1) is 8.33. The van der Waals surface area contributed by atoms with Gasteiger partial charge in [0.1, 0.15) is 0 Å². The van der Waals surface area contributed by atoms with Gasteiger partial charge in [0.2, 0.25) is 5.91 Å². The average Bonchev–Trinajstić information content (AvgIpc) is 2.99. The number of nitrogens with one attached hydrogen (secondary N) is 1. The van der Waals surface area contributed by atoms with Crippen molar-refractivity contribution in [2.75, 3.05) is 20.1 Å². The van der Waals surface area contributed by atoms with E-state index < -0.39 is 12.0 Å². The molecule has 0 bridgehead atoms. The van der Waals surface area contributed by atoms with Gasteiger partial charge >= 0.3 is 0 Å². The molecular formula is C12H23F2N3O. The van der Waals surface area contributed by atoms with Crippen molar-refractivity contribution in [3.63, 3.8) is 0 Å². The van der Waals surface area contributed by atoms with E-state index in [0.717, 1.165) is 12.8 Å². The lowest BCUT2D eigenvalue weighted by Crippen LogP contribution is -2.54. The molecule has 0 spiro atoms. The lowest BCUT2D eigenvalue weighted by atomic mass is 9.94. The largest absolute Gasteiger partial charge is 0.368 e. The van der Waals surface area contributed by atoms with Crippen molar-refractivity contribution in [1.29, 1.82) is 0 Å². The molecular weight excluding hydrogens is 240 g/mol. The Morgan fingerprint density at radius 2 is 2.17 bits per heavy atom. The highest BCUT2D eigenvalue weighted by Crippen LogP contribution is 2.24. The maximum Gasteiger partial charge on any atom is 0.251 e. The number of hydrogen-bond donors (Lipinski definition) is 2. The van der Waals surface area contributed by atoms with Crippen LogP contribution in [0.5, 0.6) is 0 Å². The molecule has 1 amide bonds. The number of carbonyl (C=O) groups excluding carboxylic acids is 1. The molecule has 0 aliphatic heterocycles. The molecule has 6 heteroatoms. The topological polar surface area (TPSA) is 58.4 Å². The summed E-state index contributed by atoms with van der Waals surface area (Å²) in [5, 5.41) is 3.24. The third kappa shape index (κ3) is 5.27. The standard InChI is InChI=1S/C12H23F2N3O/c1-12(11(15)18,16-9-4-5-9)6-3-7-17(2)8-10(13)14/h9-10,16H,3-8H2,1-2H3,(H2,15,18). The van der Waals surface area contributed by atoms with Crippen LogP contribution in [0.2, 0.25) is 0 Å². The van der Waals surface area contributed by atoms with Gasteiger partial charge < -0.3 is 16.0 Å². The minimum Gasteiger partial charge on any atom is -0.368 e. The zero-order valence-electron chi connectivity index (χ0n) is 11.1. The number of nitrogens with two attached hydrogens (primary N) is 1. The normalized spacial score (nSPS) is 19.2. The van der Waals surface area contributed by atoms with Crippen LogP contribution in [0.25, 0.3) is 0 Å². The Labute approximate surface area is 107 Å². The smallest absolute Gasteiger partial charge is 0.251 e. The second-order valence-corrected chi connectivity index (χ2v) is 5.37. The Balaban J connectivity index is 2.30. The fourth-order valence-electron chi connectivity index (χ4n) is 1.97. The van der Waals surface area contributed by atoms with Crippen LogP contribution in [0.3, 0.4) is 0 Å². The van der Waals surface area contributed by atoms with Crippen molar-refractivity contribution in [2.24, 2.45) is 5.73 Å². The summed E-state index contributed by atoms with van der Waals surface area (Å²) in [6.45, 7) is 2.10. The second-order valence-electron chi connectivity index (χ2n) is 5.37. The average molecular weight is 263 g/mol. The lowest BCUT2D eigenvalue weighted by Gasteiger charge is -2.28. The zero-order chi connectivity index (χ0) is 13.8. The molecule has 1 saturated carbocycles. The summed E-state index contributed by atoms with van der Waals surface area (Å²) in [6, 6.07) is 0.390. The van der Waals surface area contributed by atoms with Crippen molar-refractivity contribution < 1.29 is 13.6 Å². The Bertz CT molecular complexity index is 284. The molecule has 0 aromatic heterocycles. The van der Waals surface area contributed by atoms with Crippen LogP contribution in [0.4, 0.5) is 8.78 Å². The number of halogens is 2. The minimum absolute atomic E-state index is 0.233. The van der Waals surface area contributed by atoms with Gasteiger partial charge in [-0.25, -0.2) is 8.78 Å². The van der Waals surface area contributed by atoms with Gasteiger partial charge in [0.05, 0.1) is 12.1 Å². The molecule has 1 aliphatic carbocycles. The van der Waals surface area contributed by atoms with Gasteiger partial charge in [-0.3, -0.25) is 4.79 Å². The molecule has 1 fully saturated rings. The van der Waals surface area contributed by atoms with Gasteiger partial charge in [0.15, 0.2) is 0 Å². The Morgan fingerprint density at radius 1 is 1.56 bits per heavy atom. The van der Waals surface area contributed by atoms with Gasteiger partial charge in [0.25, 0.3) is 6.43 Å². The minimum atomic E-state index is -2.32. The highest BCUT2D eigenvalue weighted by atomic mass is 19.3. The molecule has 1 aliphatic rings. The van der Waals surface area contributed by atoms with E-state index in [2.05, 4.69) is 5.32 Å². The third-order valence-electron chi connectivity index (χ3n) is 3.31. The van der Waals surface area contributed by atoms with E-state index in [1.807, 2.05) is 0 Å². The van der Waals surface area contributed by atoms with Gasteiger partial charge in [-0.2, -0.15) is 0 Å². The van der Waals surface area contributed by atoms with Crippen LogP contribution in [0.1, 0.15) is 32.6 Å². The van der Waals surface area contributed by atoms with Gasteiger partial charge in [-0.15, -0.1) is 0 Å². The van der Waals surface area contributed by atoms with Crippen LogP contribution in [-0.4, -0.2) is 49.0 Å². The maximum absolute atomic E-state index is 12.1. The summed E-state index contributed by atoms with van der Waals surface area (Å²) >= 11 is 0. The SMILES string of the molecule is CN(CCCC(C)(NC1CC1)C(N)=O)CC(F)F. The van der Waals surface area contributed by atoms with Crippen LogP contribution >= 0.6 is 0 Å². The van der Waals surface area contributed by atoms with E-state index in [0.29, 0.717) is 25.4 Å². The first kappa shape index (κ1) is 15.3. The van der Waals surface area contributed by atoms with Crippen LogP contribution in [0, 0.1) is 0 Å². The van der Waals surface area contributed by atoms with E-state index in [4.69, 9.17) is 5.73 Å². The molecule has 0 aromatic rings. The third-order valence-corrected chi connectivity index (χ3v) is 3.31. The summed E-state index contributed by atoms with van der Waals surface area (Å²) in [5.41, 5.74) is 4.69. The molecule has 0 heterocycles. The van der Waals surface area contributed by atoms with E-state index in [1.54, 1.807) is 18.9 Å². The highest BCUT2D eigenvalue weighted by molar-refractivity contribution is 5.84. The van der Waals surface area contributed by atoms with Crippen LogP contribution in [-0.2, 0) is 4.79 Å². The van der Waals surface area contributed by atoms with Gasteiger partial charge in [-0.1, -0.05) is 0 Å². The highest BCUT2D eigenvalue weighted by Gasteiger charge is 2.36. The molecule has 1 rings (SSSR count). The van der Waals surface area contributed by atoms with Crippen LogP contribution in [0.15, 0.2) is 0 Å². The quantitative estimate of drug-likeness (QED) is 0.651. The van der Waals surface area contributed by atoms with Crippen molar-refractivity contribution >= 4 is 5.91 Å². The van der Waals surface area contributed by atoms with Crippen molar-refractivity contribution in [1.82, 2.24) is 10.2 Å². The first-order valence-electron chi connectivity index (χ1n) is 6.38. The first-order valence-corrected chi connectivity index (χ1v) is 6.38. The molecule has 1 unspecified atom stereocenters. The Kier molecular flexibility index (Phi) is 5.47. The molecule has 3 N–H and O–H groups in total. The number of amides is 1. The maximum atomic E-state index is 12.1. The second kappa shape index (κ2) is 6.43. The number of alkyl halides is 2. The van der Waals surface area contributed by atoms with Crippen LogP contribution < -0.4 is 11.1 Å². The molecule has 18 heavy (non-hydrogen) atoms. The number of nitrogens with zero attached hydrogens (tertiary/aromatic N) is 1. The molecule has 106 valence electrons. The van der Waals surface area contributed by atoms with E-state index >= 15 is 0 Å². The fourth-order valence-corrected chi connectivity index (χ4v) is 1.97. The van der Waals surface area contributed by atoms with Gasteiger partial charge in [0, 0.05) is 6.04 Å². The van der Waals surface area contributed by atoms with Crippen molar-refractivity contribution in [2.45, 2.75) is 50.6 Å². The summed E-state index contributed by atoms with van der Waals surface area (Å²) in [5.74, 6) is -0.370. The molecule has 0 radical (unpaired) electrons. The predicted molar refractivity (Wildman–Crippen MR) is 66.5 cm³/mol. The summed E-state index contributed by atoms with van der Waals surface area (Å²) in [4.78, 5) is 13.0. The van der Waals surface area contributed by atoms with Gasteiger partial charge in [-0.05, 0) is 46.2 Å². The van der Waals surface area contributed by atoms with Crippen molar-refractivity contribution in [3.05, 3.63) is 0 Å². The van der Waals surface area contributed by atoms with E-state index in [1.165, 1.54) is 0 Å². The van der Waals surface area contributed by atoms with E-state index in [9.17, 15) is 13.6 Å². The number of primary amides is 1. The fraction of sp³-hybridized carbons (Fsp3) is 0.917. The monoisotopic (exact) mass is 263 g/mol. The Morgan fingerprint density at radius 3 is 2.61 bits per heavy atom. The van der Waals surface area contributed by atoms with Crippen molar-refractivity contribution in [3.8, 4) is 0 Å². The summed E-state index contributed by atoms with van der Waals surface area (Å²) in [7, 11) is 1.65. The summed E-state index contributed by atoms with van der Waals surface area (Å²) in [6.07, 6.45) is 1.08. The molecule has 4 nitrogen and oxygen atoms in total.